The lowest BCUT2D eigenvalue weighted by Gasteiger charge is -2.42. The van der Waals surface area contributed by atoms with Crippen molar-refractivity contribution >= 4 is 27.4 Å². The molecule has 1 saturated carbocycles. The van der Waals surface area contributed by atoms with Crippen molar-refractivity contribution in [2.45, 2.75) is 64.5 Å². The van der Waals surface area contributed by atoms with Crippen molar-refractivity contribution in [2.24, 2.45) is 11.8 Å². The van der Waals surface area contributed by atoms with Gasteiger partial charge < -0.3 is 10.2 Å². The molecule has 0 aromatic carbocycles. The predicted octanol–water partition coefficient (Wildman–Crippen LogP) is 5.50. The third-order valence-electron chi connectivity index (χ3n) is 7.26. The van der Waals surface area contributed by atoms with Crippen LogP contribution in [-0.2, 0) is 6.54 Å². The first-order valence-corrected chi connectivity index (χ1v) is 12.8. The molecule has 0 amide bonds. The summed E-state index contributed by atoms with van der Waals surface area (Å²) >= 11 is 3.64. The molecule has 32 heavy (non-hydrogen) atoms. The van der Waals surface area contributed by atoms with Gasteiger partial charge in [0.25, 0.3) is 0 Å². The number of likely N-dealkylation sites (tertiary alicyclic amines) is 1. The molecule has 1 aliphatic carbocycles. The highest BCUT2D eigenvalue weighted by molar-refractivity contribution is 9.10. The van der Waals surface area contributed by atoms with E-state index in [0.717, 1.165) is 39.4 Å². The van der Waals surface area contributed by atoms with Gasteiger partial charge in [0.2, 0.25) is 0 Å². The molecule has 4 heterocycles. The molecule has 1 N–H and O–H groups in total. The topological polar surface area (TPSA) is 58.4 Å². The number of hydrogen-bond acceptors (Lipinski definition) is 5. The molecule has 5 rings (SSSR count). The SMILES string of the molecule is CC1CC(C)CC(N2CCC(c3cc(NCc4cccnc4)n4ncc(Br)c4n3)CC2)C1. The summed E-state index contributed by atoms with van der Waals surface area (Å²) in [4.78, 5) is 12.0. The summed E-state index contributed by atoms with van der Waals surface area (Å²) in [7, 11) is 0. The molecule has 2 aliphatic rings. The number of rotatable bonds is 5. The fourth-order valence-corrected chi connectivity index (χ4v) is 6.10. The second kappa shape index (κ2) is 9.48. The number of piperidine rings is 1. The molecule has 6 nitrogen and oxygen atoms in total. The number of nitrogens with one attached hydrogen (secondary N) is 1. The quantitative estimate of drug-likeness (QED) is 0.504. The first kappa shape index (κ1) is 21.8. The van der Waals surface area contributed by atoms with E-state index in [0.29, 0.717) is 12.5 Å². The average Bonchev–Trinajstić information content (AvgIpc) is 3.18. The standard InChI is InChI=1S/C25H33BrN6/c1-17-10-18(2)12-21(11-17)31-8-5-20(6-9-31)23-13-24(28-15-19-4-3-7-27-14-19)32-25(30-23)22(26)16-29-32/h3-4,7,13-14,16-18,20-21,28H,5-6,8-12,15H2,1-2H3. The number of halogens is 1. The van der Waals surface area contributed by atoms with Crippen LogP contribution in [0.3, 0.4) is 0 Å². The van der Waals surface area contributed by atoms with Gasteiger partial charge in [-0.1, -0.05) is 19.9 Å². The second-order valence-corrected chi connectivity index (χ2v) is 10.7. The summed E-state index contributed by atoms with van der Waals surface area (Å²) in [6.07, 6.45) is 12.0. The van der Waals surface area contributed by atoms with Gasteiger partial charge >= 0.3 is 0 Å². The van der Waals surface area contributed by atoms with E-state index in [1.54, 1.807) is 6.20 Å². The van der Waals surface area contributed by atoms with Crippen LogP contribution in [0.15, 0.2) is 41.3 Å². The Labute approximate surface area is 199 Å². The fraction of sp³-hybridized carbons (Fsp3) is 0.560. The van der Waals surface area contributed by atoms with Crippen LogP contribution in [0.5, 0.6) is 0 Å². The van der Waals surface area contributed by atoms with Gasteiger partial charge in [0.05, 0.1) is 10.7 Å². The molecule has 2 atom stereocenters. The summed E-state index contributed by atoms with van der Waals surface area (Å²) in [6.45, 7) is 7.93. The Kier molecular flexibility index (Phi) is 6.47. The van der Waals surface area contributed by atoms with Crippen LogP contribution in [-0.4, -0.2) is 43.6 Å². The molecule has 1 saturated heterocycles. The Hall–Kier alpha value is -1.99. The fourth-order valence-electron chi connectivity index (χ4n) is 5.75. The van der Waals surface area contributed by atoms with E-state index in [-0.39, 0.29) is 0 Å². The Bertz CT molecular complexity index is 1030. The van der Waals surface area contributed by atoms with Crippen molar-refractivity contribution in [3.8, 4) is 0 Å². The third-order valence-corrected chi connectivity index (χ3v) is 7.82. The van der Waals surface area contributed by atoms with Gasteiger partial charge in [-0.3, -0.25) is 4.98 Å². The third kappa shape index (κ3) is 4.69. The summed E-state index contributed by atoms with van der Waals surface area (Å²) in [5.41, 5.74) is 3.21. The van der Waals surface area contributed by atoms with Gasteiger partial charge in [0.15, 0.2) is 5.65 Å². The lowest BCUT2D eigenvalue weighted by atomic mass is 9.79. The molecule has 0 radical (unpaired) electrons. The van der Waals surface area contributed by atoms with Crippen LogP contribution in [0.4, 0.5) is 5.82 Å². The van der Waals surface area contributed by atoms with E-state index >= 15 is 0 Å². The number of hydrogen-bond donors (Lipinski definition) is 1. The summed E-state index contributed by atoms with van der Waals surface area (Å²) in [6, 6.07) is 7.02. The van der Waals surface area contributed by atoms with Crippen molar-refractivity contribution in [1.82, 2.24) is 24.5 Å². The number of aromatic nitrogens is 4. The highest BCUT2D eigenvalue weighted by atomic mass is 79.9. The van der Waals surface area contributed by atoms with E-state index in [1.165, 1.54) is 50.9 Å². The smallest absolute Gasteiger partial charge is 0.171 e. The molecule has 0 spiro atoms. The Morgan fingerprint density at radius 2 is 1.88 bits per heavy atom. The molecule has 1 aliphatic heterocycles. The van der Waals surface area contributed by atoms with Crippen LogP contribution in [0, 0.1) is 11.8 Å². The van der Waals surface area contributed by atoms with E-state index in [4.69, 9.17) is 4.98 Å². The van der Waals surface area contributed by atoms with Crippen LogP contribution < -0.4 is 5.32 Å². The minimum absolute atomic E-state index is 0.496. The van der Waals surface area contributed by atoms with Crippen molar-refractivity contribution < 1.29 is 0 Å². The Balaban J connectivity index is 1.31. The largest absolute Gasteiger partial charge is 0.366 e. The van der Waals surface area contributed by atoms with E-state index in [9.17, 15) is 0 Å². The van der Waals surface area contributed by atoms with Gasteiger partial charge in [0, 0.05) is 42.7 Å². The van der Waals surface area contributed by atoms with Gasteiger partial charge in [-0.2, -0.15) is 9.61 Å². The molecule has 170 valence electrons. The molecule has 2 unspecified atom stereocenters. The van der Waals surface area contributed by atoms with Crippen LogP contribution in [0.1, 0.15) is 63.1 Å². The number of anilines is 1. The summed E-state index contributed by atoms with van der Waals surface area (Å²) in [5.74, 6) is 3.20. The van der Waals surface area contributed by atoms with Crippen LogP contribution >= 0.6 is 15.9 Å². The highest BCUT2D eigenvalue weighted by Crippen LogP contribution is 2.36. The van der Waals surface area contributed by atoms with Crippen LogP contribution in [0.25, 0.3) is 5.65 Å². The van der Waals surface area contributed by atoms with Gasteiger partial charge in [-0.05, 0) is 84.6 Å². The number of fused-ring (bicyclic) bond motifs is 1. The van der Waals surface area contributed by atoms with Crippen molar-refractivity contribution in [3.63, 3.8) is 0 Å². The first-order valence-electron chi connectivity index (χ1n) is 12.0. The predicted molar refractivity (Wildman–Crippen MR) is 132 cm³/mol. The second-order valence-electron chi connectivity index (χ2n) is 9.89. The average molecular weight is 497 g/mol. The summed E-state index contributed by atoms with van der Waals surface area (Å²) in [5, 5.41) is 8.08. The zero-order chi connectivity index (χ0) is 22.1. The minimum Gasteiger partial charge on any atom is -0.366 e. The molecular formula is C25H33BrN6. The monoisotopic (exact) mass is 496 g/mol. The van der Waals surface area contributed by atoms with Crippen molar-refractivity contribution in [2.75, 3.05) is 18.4 Å². The van der Waals surface area contributed by atoms with E-state index in [1.807, 2.05) is 23.0 Å². The lowest BCUT2D eigenvalue weighted by molar-refractivity contribution is 0.0856. The van der Waals surface area contributed by atoms with Gasteiger partial charge in [-0.15, -0.1) is 0 Å². The normalized spacial score (nSPS) is 25.3. The van der Waals surface area contributed by atoms with E-state index < -0.39 is 0 Å². The van der Waals surface area contributed by atoms with Crippen molar-refractivity contribution in [3.05, 3.63) is 52.5 Å². The lowest BCUT2D eigenvalue weighted by Crippen LogP contribution is -2.44. The minimum atomic E-state index is 0.496. The van der Waals surface area contributed by atoms with Gasteiger partial charge in [0.1, 0.15) is 5.82 Å². The Morgan fingerprint density at radius 1 is 1.09 bits per heavy atom. The van der Waals surface area contributed by atoms with Crippen LogP contribution in [0.2, 0.25) is 0 Å². The van der Waals surface area contributed by atoms with E-state index in [2.05, 4.69) is 62.2 Å². The molecule has 2 fully saturated rings. The summed E-state index contributed by atoms with van der Waals surface area (Å²) < 4.78 is 2.83. The maximum Gasteiger partial charge on any atom is 0.171 e. The first-order chi connectivity index (χ1) is 15.6. The zero-order valence-corrected chi connectivity index (χ0v) is 20.6. The molecule has 3 aromatic heterocycles. The molecule has 7 heteroatoms. The van der Waals surface area contributed by atoms with Crippen molar-refractivity contribution in [1.29, 1.82) is 0 Å². The zero-order valence-electron chi connectivity index (χ0n) is 19.0. The number of pyridine rings is 1. The van der Waals surface area contributed by atoms with Gasteiger partial charge in [-0.25, -0.2) is 4.98 Å². The maximum atomic E-state index is 5.02. The molecule has 3 aromatic rings. The highest BCUT2D eigenvalue weighted by Gasteiger charge is 2.32. The number of nitrogens with zero attached hydrogens (tertiary/aromatic N) is 5. The molecule has 0 bridgehead atoms. The molecular weight excluding hydrogens is 464 g/mol. The Morgan fingerprint density at radius 3 is 2.59 bits per heavy atom. The maximum absolute atomic E-state index is 5.02.